The maximum atomic E-state index is 11.0. The second kappa shape index (κ2) is 6.85. The third-order valence-electron chi connectivity index (χ3n) is 2.48. The Morgan fingerprint density at radius 1 is 1.56 bits per heavy atom. The fourth-order valence-electron chi connectivity index (χ4n) is 1.63. The number of hydrogen-bond acceptors (Lipinski definition) is 6. The monoisotopic (exact) mass is 254 g/mol. The second-order valence-electron chi connectivity index (χ2n) is 3.99. The van der Waals surface area contributed by atoms with Crippen molar-refractivity contribution in [2.24, 2.45) is 0 Å². The second-order valence-corrected chi connectivity index (χ2v) is 3.99. The quantitative estimate of drug-likeness (QED) is 0.583. The summed E-state index contributed by atoms with van der Waals surface area (Å²) in [7, 11) is 1.36. The van der Waals surface area contributed by atoms with E-state index in [0.717, 1.165) is 13.0 Å². The summed E-state index contributed by atoms with van der Waals surface area (Å²) in [6, 6.07) is 0.114. The molecule has 7 nitrogen and oxygen atoms in total. The highest BCUT2D eigenvalue weighted by molar-refractivity contribution is 5.44. The van der Waals surface area contributed by atoms with Gasteiger partial charge in [0.2, 0.25) is 0 Å². The van der Waals surface area contributed by atoms with Crippen LogP contribution in [0.3, 0.4) is 0 Å². The van der Waals surface area contributed by atoms with Crippen molar-refractivity contribution in [3.8, 4) is 5.88 Å². The van der Waals surface area contributed by atoms with Gasteiger partial charge in [-0.2, -0.15) is 4.98 Å². The van der Waals surface area contributed by atoms with Crippen molar-refractivity contribution in [1.82, 2.24) is 15.3 Å². The van der Waals surface area contributed by atoms with E-state index in [1.54, 1.807) is 0 Å². The molecule has 0 bridgehead atoms. The lowest BCUT2D eigenvalue weighted by Gasteiger charge is -2.12. The lowest BCUT2D eigenvalue weighted by Crippen LogP contribution is -2.29. The smallest absolute Gasteiger partial charge is 0.352 e. The third kappa shape index (κ3) is 3.63. The first kappa shape index (κ1) is 14.3. The molecule has 1 rings (SSSR count). The highest BCUT2D eigenvalue weighted by atomic mass is 16.6. The van der Waals surface area contributed by atoms with Crippen molar-refractivity contribution >= 4 is 5.69 Å². The summed E-state index contributed by atoms with van der Waals surface area (Å²) >= 11 is 0. The number of nitro groups is 1. The van der Waals surface area contributed by atoms with Gasteiger partial charge in [0.05, 0.1) is 12.0 Å². The molecule has 7 heteroatoms. The minimum absolute atomic E-state index is 0.00712. The molecule has 0 radical (unpaired) electrons. The van der Waals surface area contributed by atoms with Gasteiger partial charge in [0.15, 0.2) is 0 Å². The molecule has 0 fully saturated rings. The highest BCUT2D eigenvalue weighted by Crippen LogP contribution is 2.27. The molecular formula is C11H18N4O3. The summed E-state index contributed by atoms with van der Waals surface area (Å²) < 4.78 is 4.90. The van der Waals surface area contributed by atoms with Crippen LogP contribution >= 0.6 is 0 Å². The van der Waals surface area contributed by atoms with Crippen LogP contribution in [-0.2, 0) is 6.42 Å². The molecule has 1 atom stereocenters. The van der Waals surface area contributed by atoms with Gasteiger partial charge in [-0.15, -0.1) is 0 Å². The van der Waals surface area contributed by atoms with Crippen molar-refractivity contribution < 1.29 is 9.66 Å². The molecule has 0 aromatic carbocycles. The van der Waals surface area contributed by atoms with E-state index >= 15 is 0 Å². The Morgan fingerprint density at radius 3 is 2.83 bits per heavy atom. The summed E-state index contributed by atoms with van der Waals surface area (Å²) in [5, 5.41) is 14.3. The van der Waals surface area contributed by atoms with Crippen molar-refractivity contribution in [1.29, 1.82) is 0 Å². The molecule has 0 amide bonds. The summed E-state index contributed by atoms with van der Waals surface area (Å²) in [5.41, 5.74) is 0.244. The van der Waals surface area contributed by atoms with Crippen LogP contribution in [0.2, 0.25) is 0 Å². The zero-order valence-corrected chi connectivity index (χ0v) is 10.8. The van der Waals surface area contributed by atoms with E-state index in [1.165, 1.54) is 13.4 Å². The van der Waals surface area contributed by atoms with Crippen molar-refractivity contribution in [2.75, 3.05) is 13.7 Å². The Labute approximate surface area is 106 Å². The maximum absolute atomic E-state index is 11.0. The van der Waals surface area contributed by atoms with Gasteiger partial charge in [0.1, 0.15) is 12.0 Å². The highest BCUT2D eigenvalue weighted by Gasteiger charge is 2.24. The minimum Gasteiger partial charge on any atom is -0.476 e. The number of hydrogen-bond donors (Lipinski definition) is 1. The van der Waals surface area contributed by atoms with Gasteiger partial charge in [-0.05, 0) is 19.9 Å². The molecule has 0 aliphatic carbocycles. The molecule has 1 heterocycles. The summed E-state index contributed by atoms with van der Waals surface area (Å²) in [4.78, 5) is 18.3. The first-order valence-electron chi connectivity index (χ1n) is 5.85. The lowest BCUT2D eigenvalue weighted by atomic mass is 10.1. The van der Waals surface area contributed by atoms with E-state index in [4.69, 9.17) is 4.74 Å². The van der Waals surface area contributed by atoms with Crippen LogP contribution in [0.15, 0.2) is 6.33 Å². The van der Waals surface area contributed by atoms with Crippen LogP contribution in [-0.4, -0.2) is 34.6 Å². The zero-order valence-electron chi connectivity index (χ0n) is 10.8. The number of nitrogens with one attached hydrogen (secondary N) is 1. The molecular weight excluding hydrogens is 236 g/mol. The minimum atomic E-state index is -0.499. The van der Waals surface area contributed by atoms with E-state index in [0.29, 0.717) is 12.1 Å². The topological polar surface area (TPSA) is 90.2 Å². The van der Waals surface area contributed by atoms with E-state index < -0.39 is 4.92 Å². The van der Waals surface area contributed by atoms with E-state index in [-0.39, 0.29) is 17.6 Å². The average Bonchev–Trinajstić information content (AvgIpc) is 2.35. The number of aromatic nitrogens is 2. The first-order valence-corrected chi connectivity index (χ1v) is 5.85. The van der Waals surface area contributed by atoms with Crippen LogP contribution in [0, 0.1) is 10.1 Å². The first-order chi connectivity index (χ1) is 8.60. The molecule has 0 aliphatic heterocycles. The average molecular weight is 254 g/mol. The Morgan fingerprint density at radius 2 is 2.28 bits per heavy atom. The molecule has 0 saturated heterocycles. The Kier molecular flexibility index (Phi) is 5.44. The molecule has 0 saturated carbocycles. The van der Waals surface area contributed by atoms with Gasteiger partial charge in [-0.25, -0.2) is 4.98 Å². The normalized spacial score (nSPS) is 12.2. The van der Waals surface area contributed by atoms with Crippen LogP contribution in [0.1, 0.15) is 26.0 Å². The number of rotatable bonds is 7. The van der Waals surface area contributed by atoms with Crippen LogP contribution in [0.25, 0.3) is 0 Å². The summed E-state index contributed by atoms with van der Waals surface area (Å²) in [6.07, 6.45) is 2.77. The summed E-state index contributed by atoms with van der Waals surface area (Å²) in [5.74, 6) is 0.00712. The summed E-state index contributed by atoms with van der Waals surface area (Å²) in [6.45, 7) is 4.90. The van der Waals surface area contributed by atoms with Gasteiger partial charge in [-0.3, -0.25) is 10.1 Å². The van der Waals surface area contributed by atoms with E-state index in [9.17, 15) is 10.1 Å². The largest absolute Gasteiger partial charge is 0.476 e. The number of methoxy groups -OCH3 is 1. The predicted molar refractivity (Wildman–Crippen MR) is 66.7 cm³/mol. The Balaban J connectivity index is 2.90. The molecule has 1 aromatic heterocycles. The zero-order chi connectivity index (χ0) is 13.5. The van der Waals surface area contributed by atoms with Gasteiger partial charge >= 0.3 is 5.69 Å². The lowest BCUT2D eigenvalue weighted by molar-refractivity contribution is -0.387. The molecule has 18 heavy (non-hydrogen) atoms. The van der Waals surface area contributed by atoms with E-state index in [1.807, 2.05) is 6.92 Å². The molecule has 1 N–H and O–H groups in total. The molecule has 0 spiro atoms. The molecule has 0 aliphatic rings. The molecule has 1 aromatic rings. The van der Waals surface area contributed by atoms with Crippen LogP contribution < -0.4 is 10.1 Å². The molecule has 100 valence electrons. The van der Waals surface area contributed by atoms with Crippen LogP contribution in [0.5, 0.6) is 5.88 Å². The Bertz CT molecular complexity index is 411. The van der Waals surface area contributed by atoms with Crippen LogP contribution in [0.4, 0.5) is 5.69 Å². The van der Waals surface area contributed by atoms with Gasteiger partial charge in [0, 0.05) is 12.5 Å². The van der Waals surface area contributed by atoms with E-state index in [2.05, 4.69) is 22.2 Å². The Hall–Kier alpha value is -1.76. The molecule has 1 unspecified atom stereocenters. The van der Waals surface area contributed by atoms with Crippen molar-refractivity contribution in [3.05, 3.63) is 22.1 Å². The van der Waals surface area contributed by atoms with Crippen molar-refractivity contribution in [2.45, 2.75) is 32.7 Å². The van der Waals surface area contributed by atoms with Gasteiger partial charge in [-0.1, -0.05) is 6.92 Å². The van der Waals surface area contributed by atoms with Gasteiger partial charge < -0.3 is 10.1 Å². The standard InChI is InChI=1S/C11H18N4O3/c1-4-5-12-8(2)6-9-10(15(16)17)11(18-3)14-7-13-9/h7-8,12H,4-6H2,1-3H3. The fraction of sp³-hybridized carbons (Fsp3) is 0.636. The number of ether oxygens (including phenoxy) is 1. The maximum Gasteiger partial charge on any atom is 0.352 e. The third-order valence-corrected chi connectivity index (χ3v) is 2.48. The predicted octanol–water partition coefficient (Wildman–Crippen LogP) is 1.32. The SMILES string of the molecule is CCCNC(C)Cc1ncnc(OC)c1[N+](=O)[O-]. The fourth-order valence-corrected chi connectivity index (χ4v) is 1.63. The van der Waals surface area contributed by atoms with Crippen molar-refractivity contribution in [3.63, 3.8) is 0 Å². The number of nitrogens with zero attached hydrogens (tertiary/aromatic N) is 3. The van der Waals surface area contributed by atoms with Gasteiger partial charge in [0.25, 0.3) is 5.88 Å².